The van der Waals surface area contributed by atoms with Gasteiger partial charge in [0.2, 0.25) is 0 Å². The van der Waals surface area contributed by atoms with Gasteiger partial charge in [-0.15, -0.1) is 0 Å². The molecule has 18 heavy (non-hydrogen) atoms. The van der Waals surface area contributed by atoms with Crippen LogP contribution in [0.15, 0.2) is 17.1 Å². The van der Waals surface area contributed by atoms with E-state index in [0.29, 0.717) is 24.4 Å². The van der Waals surface area contributed by atoms with Gasteiger partial charge in [0.05, 0.1) is 12.7 Å². The second-order valence-electron chi connectivity index (χ2n) is 4.67. The van der Waals surface area contributed by atoms with Crippen LogP contribution < -0.4 is 10.9 Å². The van der Waals surface area contributed by atoms with Crippen LogP contribution in [0, 0.1) is 6.92 Å². The van der Waals surface area contributed by atoms with Crippen LogP contribution in [0.2, 0.25) is 0 Å². The van der Waals surface area contributed by atoms with Crippen molar-refractivity contribution in [2.24, 2.45) is 0 Å². The summed E-state index contributed by atoms with van der Waals surface area (Å²) >= 11 is 0. The Bertz CT molecular complexity index is 566. The van der Waals surface area contributed by atoms with E-state index in [4.69, 9.17) is 4.74 Å². The summed E-state index contributed by atoms with van der Waals surface area (Å²) in [5.74, 6) is -0.107. The van der Waals surface area contributed by atoms with Crippen molar-refractivity contribution in [3.05, 3.63) is 33.7 Å². The molecule has 1 N–H and O–H groups in total. The van der Waals surface area contributed by atoms with Gasteiger partial charge in [0, 0.05) is 24.4 Å². The van der Waals surface area contributed by atoms with Crippen molar-refractivity contribution >= 4 is 5.91 Å². The summed E-state index contributed by atoms with van der Waals surface area (Å²) < 4.78 is 7.16. The Kier molecular flexibility index (Phi) is 2.41. The molecule has 0 aromatic carbocycles. The Balaban J connectivity index is 2.12. The summed E-state index contributed by atoms with van der Waals surface area (Å²) in [5, 5.41) is 0. The van der Waals surface area contributed by atoms with Gasteiger partial charge in [-0.05, 0) is 13.8 Å². The van der Waals surface area contributed by atoms with Crippen LogP contribution in [-0.2, 0) is 4.74 Å². The predicted octanol–water partition coefficient (Wildman–Crippen LogP) is -0.0992. The van der Waals surface area contributed by atoms with Gasteiger partial charge in [-0.25, -0.2) is 0 Å². The first-order valence-electron chi connectivity index (χ1n) is 6.01. The van der Waals surface area contributed by atoms with Gasteiger partial charge >= 0.3 is 0 Å². The van der Waals surface area contributed by atoms with E-state index in [1.165, 1.54) is 6.07 Å². The third kappa shape index (κ3) is 1.45. The molecule has 2 aliphatic heterocycles. The average molecular weight is 249 g/mol. The van der Waals surface area contributed by atoms with Crippen LogP contribution >= 0.6 is 0 Å². The van der Waals surface area contributed by atoms with E-state index in [0.717, 1.165) is 0 Å². The lowest BCUT2D eigenvalue weighted by Gasteiger charge is -2.44. The molecule has 0 spiro atoms. The molecular weight excluding hydrogens is 234 g/mol. The highest BCUT2D eigenvalue weighted by Gasteiger charge is 2.38. The number of pyridine rings is 1. The van der Waals surface area contributed by atoms with Crippen molar-refractivity contribution in [1.29, 1.82) is 0 Å². The molecule has 1 fully saturated rings. The van der Waals surface area contributed by atoms with Gasteiger partial charge in [-0.3, -0.25) is 14.3 Å². The molecule has 1 aromatic rings. The smallest absolute Gasteiger partial charge is 0.274 e. The number of hydrogen-bond acceptors (Lipinski definition) is 4. The summed E-state index contributed by atoms with van der Waals surface area (Å²) in [7, 11) is 0. The summed E-state index contributed by atoms with van der Waals surface area (Å²) in [6, 6.07) is 1.46. The predicted molar refractivity (Wildman–Crippen MR) is 65.0 cm³/mol. The number of carbonyl (C=O) groups is 1. The molecule has 0 radical (unpaired) electrons. The fourth-order valence-electron chi connectivity index (χ4n) is 2.51. The fraction of sp³-hybridized carbons (Fsp3) is 0.500. The quantitative estimate of drug-likeness (QED) is 0.697. The molecule has 96 valence electrons. The van der Waals surface area contributed by atoms with E-state index < -0.39 is 0 Å². The molecule has 1 amide bonds. The lowest BCUT2D eigenvalue weighted by molar-refractivity contribution is -0.0491. The lowest BCUT2D eigenvalue weighted by Crippen LogP contribution is -2.62. The first-order valence-corrected chi connectivity index (χ1v) is 6.01. The van der Waals surface area contributed by atoms with Crippen molar-refractivity contribution in [3.63, 3.8) is 0 Å². The number of ether oxygens (including phenoxy) is 1. The molecule has 3 rings (SSSR count). The van der Waals surface area contributed by atoms with E-state index in [1.807, 2.05) is 6.92 Å². The Morgan fingerprint density at radius 3 is 3.00 bits per heavy atom. The summed E-state index contributed by atoms with van der Waals surface area (Å²) in [6.07, 6.45) is 1.34. The molecule has 2 atom stereocenters. The Labute approximate surface area is 104 Å². The van der Waals surface area contributed by atoms with E-state index in [9.17, 15) is 9.59 Å². The van der Waals surface area contributed by atoms with E-state index >= 15 is 0 Å². The van der Waals surface area contributed by atoms with Gasteiger partial charge in [0.15, 0.2) is 5.43 Å². The zero-order chi connectivity index (χ0) is 12.9. The molecule has 0 bridgehead atoms. The minimum atomic E-state index is -0.180. The topological polar surface area (TPSA) is 63.6 Å². The maximum atomic E-state index is 12.4. The van der Waals surface area contributed by atoms with Crippen LogP contribution in [0.1, 0.15) is 23.0 Å². The second kappa shape index (κ2) is 3.84. The maximum absolute atomic E-state index is 12.4. The van der Waals surface area contributed by atoms with Crippen molar-refractivity contribution in [2.45, 2.75) is 26.1 Å². The van der Waals surface area contributed by atoms with Gasteiger partial charge in [0.25, 0.3) is 5.91 Å². The SMILES string of the molecule is Cc1c2n(ccc1=O)NC1C(C)OCCN1C2=O. The largest absolute Gasteiger partial charge is 0.373 e. The zero-order valence-corrected chi connectivity index (χ0v) is 10.3. The first-order chi connectivity index (χ1) is 8.59. The van der Waals surface area contributed by atoms with Gasteiger partial charge in [-0.2, -0.15) is 0 Å². The number of fused-ring (bicyclic) bond motifs is 2. The van der Waals surface area contributed by atoms with Crippen LogP contribution in [0.5, 0.6) is 0 Å². The molecule has 6 heteroatoms. The number of aromatic nitrogens is 1. The monoisotopic (exact) mass is 249 g/mol. The molecule has 1 saturated heterocycles. The van der Waals surface area contributed by atoms with E-state index in [1.54, 1.807) is 22.7 Å². The third-order valence-corrected chi connectivity index (χ3v) is 3.57. The molecule has 3 heterocycles. The van der Waals surface area contributed by atoms with Gasteiger partial charge in [0.1, 0.15) is 11.9 Å². The molecule has 0 saturated carbocycles. The van der Waals surface area contributed by atoms with Crippen molar-refractivity contribution in [2.75, 3.05) is 18.6 Å². The van der Waals surface area contributed by atoms with Crippen LogP contribution in [0.25, 0.3) is 0 Å². The Morgan fingerprint density at radius 2 is 2.22 bits per heavy atom. The highest BCUT2D eigenvalue weighted by molar-refractivity contribution is 5.95. The minimum absolute atomic E-state index is 0.0735. The number of hydrogen-bond donors (Lipinski definition) is 1. The molecule has 2 aliphatic rings. The number of nitrogens with zero attached hydrogens (tertiary/aromatic N) is 2. The summed E-state index contributed by atoms with van der Waals surface area (Å²) in [5.41, 5.74) is 3.99. The summed E-state index contributed by atoms with van der Waals surface area (Å²) in [4.78, 5) is 25.8. The number of amides is 1. The molecule has 0 aliphatic carbocycles. The van der Waals surface area contributed by atoms with Crippen molar-refractivity contribution in [3.8, 4) is 0 Å². The second-order valence-corrected chi connectivity index (χ2v) is 4.67. The normalized spacial score (nSPS) is 26.3. The van der Waals surface area contributed by atoms with Crippen molar-refractivity contribution < 1.29 is 9.53 Å². The lowest BCUT2D eigenvalue weighted by atomic mass is 10.1. The highest BCUT2D eigenvalue weighted by Crippen LogP contribution is 2.21. The number of morpholine rings is 1. The van der Waals surface area contributed by atoms with Gasteiger partial charge < -0.3 is 15.1 Å². The third-order valence-electron chi connectivity index (χ3n) is 3.57. The molecule has 2 unspecified atom stereocenters. The zero-order valence-electron chi connectivity index (χ0n) is 10.3. The molecular formula is C12H15N3O3. The minimum Gasteiger partial charge on any atom is -0.373 e. The fourth-order valence-corrected chi connectivity index (χ4v) is 2.51. The van der Waals surface area contributed by atoms with Crippen molar-refractivity contribution in [1.82, 2.24) is 9.58 Å². The standard InChI is InChI=1S/C12H15N3O3/c1-7-9(16)3-4-15-10(7)12(17)14-5-6-18-8(2)11(14)13-15/h3-4,8,11,13H,5-6H2,1-2H3. The molecule has 6 nitrogen and oxygen atoms in total. The Morgan fingerprint density at radius 1 is 1.44 bits per heavy atom. The van der Waals surface area contributed by atoms with E-state index in [-0.39, 0.29) is 23.6 Å². The highest BCUT2D eigenvalue weighted by atomic mass is 16.5. The first kappa shape index (κ1) is 11.3. The number of nitrogens with one attached hydrogen (secondary N) is 1. The average Bonchev–Trinajstić information content (AvgIpc) is 2.35. The Hall–Kier alpha value is -1.82. The van der Waals surface area contributed by atoms with Crippen LogP contribution in [-0.4, -0.2) is 40.9 Å². The number of carbonyl (C=O) groups excluding carboxylic acids is 1. The summed E-state index contributed by atoms with van der Waals surface area (Å²) in [6.45, 7) is 4.68. The molecule has 1 aromatic heterocycles. The maximum Gasteiger partial charge on any atom is 0.274 e. The number of rotatable bonds is 0. The van der Waals surface area contributed by atoms with Crippen LogP contribution in [0.4, 0.5) is 0 Å². The van der Waals surface area contributed by atoms with Crippen LogP contribution in [0.3, 0.4) is 0 Å². The van der Waals surface area contributed by atoms with Gasteiger partial charge in [-0.1, -0.05) is 0 Å². The van der Waals surface area contributed by atoms with E-state index in [2.05, 4.69) is 5.43 Å².